The molecule has 0 saturated carbocycles. The van der Waals surface area contributed by atoms with E-state index in [1.54, 1.807) is 25.1 Å². The van der Waals surface area contributed by atoms with Gasteiger partial charge in [0.1, 0.15) is 5.75 Å². The fourth-order valence-corrected chi connectivity index (χ4v) is 2.44. The van der Waals surface area contributed by atoms with E-state index in [4.69, 9.17) is 11.6 Å². The summed E-state index contributed by atoms with van der Waals surface area (Å²) in [6, 6.07) is 4.96. The molecule has 0 radical (unpaired) electrons. The van der Waals surface area contributed by atoms with Crippen LogP contribution >= 0.6 is 11.6 Å². The third-order valence-electron chi connectivity index (χ3n) is 3.96. The van der Waals surface area contributed by atoms with Crippen LogP contribution < -0.4 is 5.32 Å². The molecule has 0 fully saturated rings. The zero-order valence-electron chi connectivity index (χ0n) is 11.8. The smallest absolute Gasteiger partial charge is 0.251 e. The molecule has 1 aromatic carbocycles. The lowest BCUT2D eigenvalue weighted by Gasteiger charge is -2.29. The van der Waals surface area contributed by atoms with Crippen molar-refractivity contribution in [3.8, 4) is 5.75 Å². The summed E-state index contributed by atoms with van der Waals surface area (Å²) >= 11 is 6.02. The van der Waals surface area contributed by atoms with Gasteiger partial charge in [-0.15, -0.1) is 11.6 Å². The van der Waals surface area contributed by atoms with Crippen LogP contribution in [0.1, 0.15) is 42.6 Å². The first-order chi connectivity index (χ1) is 8.99. The van der Waals surface area contributed by atoms with E-state index in [2.05, 4.69) is 19.2 Å². The Morgan fingerprint density at radius 1 is 1.37 bits per heavy atom. The minimum Gasteiger partial charge on any atom is -0.508 e. The fourth-order valence-electron chi connectivity index (χ4n) is 1.97. The van der Waals surface area contributed by atoms with Crippen molar-refractivity contribution in [2.45, 2.75) is 33.6 Å². The lowest BCUT2D eigenvalue weighted by atomic mass is 9.84. The van der Waals surface area contributed by atoms with E-state index in [0.29, 0.717) is 23.6 Å². The average molecular weight is 284 g/mol. The number of alkyl halides is 1. The average Bonchev–Trinajstić information content (AvgIpc) is 2.44. The van der Waals surface area contributed by atoms with Gasteiger partial charge in [0.15, 0.2) is 0 Å². The molecule has 2 N–H and O–H groups in total. The highest BCUT2D eigenvalue weighted by Crippen LogP contribution is 2.27. The van der Waals surface area contributed by atoms with E-state index in [1.165, 1.54) is 0 Å². The highest BCUT2D eigenvalue weighted by Gasteiger charge is 2.26. The summed E-state index contributed by atoms with van der Waals surface area (Å²) in [5, 5.41) is 12.5. The molecule has 0 aliphatic heterocycles. The van der Waals surface area contributed by atoms with Crippen LogP contribution in [0.25, 0.3) is 0 Å². The van der Waals surface area contributed by atoms with Crippen molar-refractivity contribution in [3.05, 3.63) is 29.3 Å². The molecule has 0 aliphatic carbocycles. The zero-order valence-corrected chi connectivity index (χ0v) is 12.5. The minimum absolute atomic E-state index is 0.0536. The summed E-state index contributed by atoms with van der Waals surface area (Å²) in [5.41, 5.74) is 1.06. The molecular formula is C15H22ClNO2. The SMILES string of the molecule is CCC(CC)(CCl)CNC(=O)c1cccc(O)c1C. The van der Waals surface area contributed by atoms with E-state index < -0.39 is 0 Å². The number of amides is 1. The number of hydrogen-bond donors (Lipinski definition) is 2. The van der Waals surface area contributed by atoms with Crippen molar-refractivity contribution in [1.82, 2.24) is 5.32 Å². The standard InChI is InChI=1S/C15H22ClNO2/c1-4-15(5-2,9-16)10-17-14(19)12-7-6-8-13(18)11(12)3/h6-8,18H,4-5,9-10H2,1-3H3,(H,17,19). The molecule has 0 atom stereocenters. The molecule has 0 heterocycles. The first-order valence-corrected chi connectivity index (χ1v) is 7.16. The summed E-state index contributed by atoms with van der Waals surface area (Å²) in [7, 11) is 0. The highest BCUT2D eigenvalue weighted by molar-refractivity contribution is 6.18. The number of phenolic OH excluding ortho intramolecular Hbond substituents is 1. The minimum atomic E-state index is -0.162. The van der Waals surface area contributed by atoms with E-state index in [-0.39, 0.29) is 17.1 Å². The molecule has 106 valence electrons. The number of nitrogens with one attached hydrogen (secondary N) is 1. The second-order valence-electron chi connectivity index (χ2n) is 4.97. The van der Waals surface area contributed by atoms with Crippen LogP contribution in [0.4, 0.5) is 0 Å². The van der Waals surface area contributed by atoms with E-state index in [9.17, 15) is 9.90 Å². The van der Waals surface area contributed by atoms with Gasteiger partial charge in [0.2, 0.25) is 0 Å². The Balaban J connectivity index is 2.78. The maximum Gasteiger partial charge on any atom is 0.251 e. The van der Waals surface area contributed by atoms with Crippen LogP contribution in [0.3, 0.4) is 0 Å². The quantitative estimate of drug-likeness (QED) is 0.785. The lowest BCUT2D eigenvalue weighted by molar-refractivity contribution is 0.0930. The molecule has 3 nitrogen and oxygen atoms in total. The number of rotatable bonds is 6. The third-order valence-corrected chi connectivity index (χ3v) is 4.52. The largest absolute Gasteiger partial charge is 0.508 e. The molecule has 1 amide bonds. The summed E-state index contributed by atoms with van der Waals surface area (Å²) in [6.45, 7) is 6.45. The Morgan fingerprint density at radius 2 is 2.00 bits per heavy atom. The van der Waals surface area contributed by atoms with Crippen molar-refractivity contribution in [2.75, 3.05) is 12.4 Å². The molecule has 4 heteroatoms. The van der Waals surface area contributed by atoms with Crippen molar-refractivity contribution in [2.24, 2.45) is 5.41 Å². The van der Waals surface area contributed by atoms with Crippen molar-refractivity contribution in [1.29, 1.82) is 0 Å². The van der Waals surface area contributed by atoms with E-state index in [0.717, 1.165) is 12.8 Å². The Kier molecular flexibility index (Phi) is 5.67. The van der Waals surface area contributed by atoms with Crippen LogP contribution in [0, 0.1) is 12.3 Å². The van der Waals surface area contributed by atoms with Gasteiger partial charge in [0.25, 0.3) is 5.91 Å². The summed E-state index contributed by atoms with van der Waals surface area (Å²) in [6.07, 6.45) is 1.85. The van der Waals surface area contributed by atoms with Crippen LogP contribution in [0.2, 0.25) is 0 Å². The van der Waals surface area contributed by atoms with E-state index >= 15 is 0 Å². The van der Waals surface area contributed by atoms with Crippen LogP contribution in [-0.4, -0.2) is 23.4 Å². The maximum absolute atomic E-state index is 12.1. The number of carbonyl (C=O) groups excluding carboxylic acids is 1. The van der Waals surface area contributed by atoms with Crippen molar-refractivity contribution < 1.29 is 9.90 Å². The third kappa shape index (κ3) is 3.63. The molecular weight excluding hydrogens is 262 g/mol. The number of carbonyl (C=O) groups is 1. The Morgan fingerprint density at radius 3 is 2.53 bits per heavy atom. The number of halogens is 1. The lowest BCUT2D eigenvalue weighted by Crippen LogP contribution is -2.38. The second-order valence-corrected chi connectivity index (χ2v) is 5.24. The molecule has 0 aliphatic rings. The molecule has 0 saturated heterocycles. The van der Waals surface area contributed by atoms with Crippen molar-refractivity contribution in [3.63, 3.8) is 0 Å². The second kappa shape index (κ2) is 6.80. The first kappa shape index (κ1) is 15.8. The van der Waals surface area contributed by atoms with Gasteiger partial charge in [0, 0.05) is 29.0 Å². The van der Waals surface area contributed by atoms with Gasteiger partial charge in [-0.25, -0.2) is 0 Å². The Hall–Kier alpha value is -1.22. The number of phenols is 1. The Bertz CT molecular complexity index is 434. The predicted molar refractivity (Wildman–Crippen MR) is 78.9 cm³/mol. The molecule has 0 bridgehead atoms. The first-order valence-electron chi connectivity index (χ1n) is 6.62. The number of aromatic hydroxyl groups is 1. The van der Waals surface area contributed by atoms with Gasteiger partial charge in [-0.05, 0) is 31.9 Å². The fraction of sp³-hybridized carbons (Fsp3) is 0.533. The summed E-state index contributed by atoms with van der Waals surface area (Å²) in [5.74, 6) is 0.506. The molecule has 19 heavy (non-hydrogen) atoms. The summed E-state index contributed by atoms with van der Waals surface area (Å²) in [4.78, 5) is 12.1. The molecule has 0 aromatic heterocycles. The Labute approximate surface area is 120 Å². The highest BCUT2D eigenvalue weighted by atomic mass is 35.5. The van der Waals surface area contributed by atoms with Crippen LogP contribution in [-0.2, 0) is 0 Å². The monoisotopic (exact) mass is 283 g/mol. The van der Waals surface area contributed by atoms with Gasteiger partial charge in [0.05, 0.1) is 0 Å². The molecule has 0 spiro atoms. The molecule has 0 unspecified atom stereocenters. The topological polar surface area (TPSA) is 49.3 Å². The van der Waals surface area contributed by atoms with Gasteiger partial charge < -0.3 is 10.4 Å². The predicted octanol–water partition coefficient (Wildman–Crippen LogP) is 3.48. The van der Waals surface area contributed by atoms with E-state index in [1.807, 2.05) is 0 Å². The van der Waals surface area contributed by atoms with Gasteiger partial charge in [-0.1, -0.05) is 19.9 Å². The zero-order chi connectivity index (χ0) is 14.5. The summed E-state index contributed by atoms with van der Waals surface area (Å²) < 4.78 is 0. The van der Waals surface area contributed by atoms with Gasteiger partial charge >= 0.3 is 0 Å². The molecule has 1 aromatic rings. The normalized spacial score (nSPS) is 11.4. The van der Waals surface area contributed by atoms with Crippen molar-refractivity contribution >= 4 is 17.5 Å². The molecule has 1 rings (SSSR count). The van der Waals surface area contributed by atoms with Crippen LogP contribution in [0.15, 0.2) is 18.2 Å². The van der Waals surface area contributed by atoms with Crippen LogP contribution in [0.5, 0.6) is 5.75 Å². The maximum atomic E-state index is 12.1. The van der Waals surface area contributed by atoms with Gasteiger partial charge in [-0.3, -0.25) is 4.79 Å². The van der Waals surface area contributed by atoms with Gasteiger partial charge in [-0.2, -0.15) is 0 Å². The number of hydrogen-bond acceptors (Lipinski definition) is 2. The number of benzene rings is 1.